The lowest BCUT2D eigenvalue weighted by atomic mass is 10.2. The van der Waals surface area contributed by atoms with Crippen molar-refractivity contribution in [1.29, 1.82) is 0 Å². The molecule has 0 aliphatic carbocycles. The van der Waals surface area contributed by atoms with Gasteiger partial charge in [-0.3, -0.25) is 4.79 Å². The zero-order valence-corrected chi connectivity index (χ0v) is 13.1. The molecule has 0 fully saturated rings. The summed E-state index contributed by atoms with van der Waals surface area (Å²) in [6, 6.07) is 10.0. The normalized spacial score (nSPS) is 11.0. The van der Waals surface area contributed by atoms with E-state index in [1.807, 2.05) is 17.5 Å². The highest BCUT2D eigenvalue weighted by Gasteiger charge is 2.13. The Morgan fingerprint density at radius 2 is 2.13 bits per heavy atom. The predicted molar refractivity (Wildman–Crippen MR) is 88.0 cm³/mol. The standard InChI is InChI=1S/C15H10ClN3O3S/c16-10-5-3-9(4-6-10)13(20)19-17-8-11-15(21)22-14(18-11)12-2-1-7-23-12/h1-8,21H,(H,19,20)/b17-8+. The van der Waals surface area contributed by atoms with Crippen LogP contribution >= 0.6 is 22.9 Å². The van der Waals surface area contributed by atoms with Crippen LogP contribution in [0.1, 0.15) is 16.1 Å². The lowest BCUT2D eigenvalue weighted by Crippen LogP contribution is -2.17. The van der Waals surface area contributed by atoms with Gasteiger partial charge in [-0.25, -0.2) is 10.4 Å². The number of rotatable bonds is 4. The first kappa shape index (κ1) is 15.3. The van der Waals surface area contributed by atoms with E-state index in [9.17, 15) is 9.90 Å². The van der Waals surface area contributed by atoms with Gasteiger partial charge < -0.3 is 9.52 Å². The van der Waals surface area contributed by atoms with Crippen molar-refractivity contribution in [2.24, 2.45) is 5.10 Å². The van der Waals surface area contributed by atoms with Crippen molar-refractivity contribution >= 4 is 35.1 Å². The molecule has 0 spiro atoms. The minimum absolute atomic E-state index is 0.129. The molecule has 0 saturated heterocycles. The predicted octanol–water partition coefficient (Wildman–Crippen LogP) is 3.53. The summed E-state index contributed by atoms with van der Waals surface area (Å²) in [5.74, 6) is -0.472. The number of carbonyl (C=O) groups excluding carboxylic acids is 1. The smallest absolute Gasteiger partial charge is 0.312 e. The molecule has 0 aliphatic rings. The molecular weight excluding hydrogens is 338 g/mol. The number of hydrogen-bond donors (Lipinski definition) is 2. The van der Waals surface area contributed by atoms with Gasteiger partial charge in [0.25, 0.3) is 5.91 Å². The molecule has 1 amide bonds. The molecule has 3 aromatic rings. The van der Waals surface area contributed by atoms with E-state index in [1.54, 1.807) is 24.3 Å². The fourth-order valence-electron chi connectivity index (χ4n) is 1.73. The molecule has 2 N–H and O–H groups in total. The first-order chi connectivity index (χ1) is 11.1. The Hall–Kier alpha value is -2.64. The third kappa shape index (κ3) is 3.58. The molecule has 0 saturated carbocycles. The summed E-state index contributed by atoms with van der Waals surface area (Å²) in [5, 5.41) is 15.9. The van der Waals surface area contributed by atoms with Crippen molar-refractivity contribution in [3.63, 3.8) is 0 Å². The van der Waals surface area contributed by atoms with Gasteiger partial charge in [0, 0.05) is 10.6 Å². The van der Waals surface area contributed by atoms with E-state index in [0.29, 0.717) is 16.5 Å². The van der Waals surface area contributed by atoms with Crippen LogP contribution in [0.3, 0.4) is 0 Å². The van der Waals surface area contributed by atoms with Gasteiger partial charge >= 0.3 is 5.95 Å². The molecule has 2 heterocycles. The van der Waals surface area contributed by atoms with Crippen molar-refractivity contribution < 1.29 is 14.3 Å². The molecule has 1 aromatic carbocycles. The molecule has 2 aromatic heterocycles. The van der Waals surface area contributed by atoms with Crippen LogP contribution in [0, 0.1) is 0 Å². The fourth-order valence-corrected chi connectivity index (χ4v) is 2.51. The zero-order valence-electron chi connectivity index (χ0n) is 11.6. The molecule has 0 aliphatic heterocycles. The maximum atomic E-state index is 11.9. The van der Waals surface area contributed by atoms with Crippen molar-refractivity contribution in [3.05, 3.63) is 58.1 Å². The molecule has 3 rings (SSSR count). The van der Waals surface area contributed by atoms with Gasteiger partial charge in [0.05, 0.1) is 11.1 Å². The average molecular weight is 348 g/mol. The number of halogens is 1. The number of thiophene rings is 1. The summed E-state index contributed by atoms with van der Waals surface area (Å²) in [6.45, 7) is 0. The lowest BCUT2D eigenvalue weighted by molar-refractivity contribution is 0.0955. The summed E-state index contributed by atoms with van der Waals surface area (Å²) in [7, 11) is 0. The van der Waals surface area contributed by atoms with Crippen molar-refractivity contribution in [3.8, 4) is 16.7 Å². The minimum atomic E-state index is -0.403. The highest BCUT2D eigenvalue weighted by Crippen LogP contribution is 2.28. The third-order valence-corrected chi connectivity index (χ3v) is 3.94. The Labute approximate surface area is 140 Å². The number of amides is 1. The van der Waals surface area contributed by atoms with Crippen LogP contribution < -0.4 is 5.43 Å². The summed E-state index contributed by atoms with van der Waals surface area (Å²) in [5.41, 5.74) is 2.88. The van der Waals surface area contributed by atoms with E-state index < -0.39 is 5.91 Å². The number of hydrogen-bond acceptors (Lipinski definition) is 6. The van der Waals surface area contributed by atoms with Gasteiger partial charge in [0.15, 0.2) is 5.69 Å². The molecule has 6 nitrogen and oxygen atoms in total. The second-order valence-electron chi connectivity index (χ2n) is 4.39. The minimum Gasteiger partial charge on any atom is -0.479 e. The topological polar surface area (TPSA) is 87.7 Å². The molecular formula is C15H10ClN3O3S. The molecule has 0 atom stereocenters. The fraction of sp³-hybridized carbons (Fsp3) is 0. The van der Waals surface area contributed by atoms with Crippen LogP contribution in [-0.4, -0.2) is 22.2 Å². The van der Waals surface area contributed by atoms with E-state index in [2.05, 4.69) is 15.5 Å². The van der Waals surface area contributed by atoms with E-state index in [1.165, 1.54) is 17.6 Å². The Bertz CT molecular complexity index is 841. The highest BCUT2D eigenvalue weighted by atomic mass is 35.5. The Morgan fingerprint density at radius 1 is 1.35 bits per heavy atom. The van der Waals surface area contributed by atoms with Gasteiger partial charge in [0.2, 0.25) is 5.89 Å². The largest absolute Gasteiger partial charge is 0.479 e. The number of nitrogens with one attached hydrogen (secondary N) is 1. The summed E-state index contributed by atoms with van der Waals surface area (Å²) < 4.78 is 5.15. The first-order valence-corrected chi connectivity index (χ1v) is 7.72. The maximum Gasteiger partial charge on any atom is 0.312 e. The van der Waals surface area contributed by atoms with Gasteiger partial charge in [0.1, 0.15) is 0 Å². The third-order valence-electron chi connectivity index (χ3n) is 2.83. The van der Waals surface area contributed by atoms with Crippen LogP contribution in [-0.2, 0) is 0 Å². The number of aromatic nitrogens is 1. The second kappa shape index (κ2) is 6.64. The van der Waals surface area contributed by atoms with Crippen molar-refractivity contribution in [2.75, 3.05) is 0 Å². The SMILES string of the molecule is O=C(N/N=C/c1nc(-c2cccs2)oc1O)c1ccc(Cl)cc1. The van der Waals surface area contributed by atoms with E-state index in [-0.39, 0.29) is 11.6 Å². The molecule has 23 heavy (non-hydrogen) atoms. The Balaban J connectivity index is 1.68. The van der Waals surface area contributed by atoms with E-state index >= 15 is 0 Å². The van der Waals surface area contributed by atoms with Gasteiger partial charge in [-0.15, -0.1) is 11.3 Å². The Morgan fingerprint density at radius 3 is 2.83 bits per heavy atom. The van der Waals surface area contributed by atoms with Crippen molar-refractivity contribution in [2.45, 2.75) is 0 Å². The number of nitrogens with zero attached hydrogens (tertiary/aromatic N) is 2. The van der Waals surface area contributed by atoms with Crippen molar-refractivity contribution in [1.82, 2.24) is 10.4 Å². The number of carbonyl (C=O) groups is 1. The lowest BCUT2D eigenvalue weighted by Gasteiger charge is -1.98. The molecule has 0 bridgehead atoms. The van der Waals surface area contributed by atoms with E-state index in [0.717, 1.165) is 4.88 Å². The van der Waals surface area contributed by atoms with Crippen LogP contribution in [0.2, 0.25) is 5.02 Å². The monoisotopic (exact) mass is 347 g/mol. The highest BCUT2D eigenvalue weighted by molar-refractivity contribution is 7.13. The second-order valence-corrected chi connectivity index (χ2v) is 5.78. The van der Waals surface area contributed by atoms with Gasteiger partial charge in [-0.05, 0) is 35.7 Å². The van der Waals surface area contributed by atoms with Gasteiger partial charge in [-0.1, -0.05) is 17.7 Å². The summed E-state index contributed by atoms with van der Waals surface area (Å²) in [4.78, 5) is 16.7. The summed E-state index contributed by atoms with van der Waals surface area (Å²) in [6.07, 6.45) is 1.21. The molecule has 0 radical (unpaired) electrons. The Kier molecular flexibility index (Phi) is 4.40. The number of aromatic hydroxyl groups is 1. The van der Waals surface area contributed by atoms with Crippen LogP contribution in [0.15, 0.2) is 51.3 Å². The molecule has 0 unspecified atom stereocenters. The van der Waals surface area contributed by atoms with Gasteiger partial charge in [-0.2, -0.15) is 5.10 Å². The number of oxazole rings is 1. The van der Waals surface area contributed by atoms with Crippen LogP contribution in [0.4, 0.5) is 0 Å². The first-order valence-electron chi connectivity index (χ1n) is 6.46. The average Bonchev–Trinajstić information content (AvgIpc) is 3.18. The summed E-state index contributed by atoms with van der Waals surface area (Å²) >= 11 is 7.19. The van der Waals surface area contributed by atoms with Crippen LogP contribution in [0.5, 0.6) is 5.95 Å². The quantitative estimate of drug-likeness (QED) is 0.558. The molecule has 116 valence electrons. The zero-order chi connectivity index (χ0) is 16.2. The van der Waals surface area contributed by atoms with E-state index in [4.69, 9.17) is 16.0 Å². The number of hydrazone groups is 1. The number of benzene rings is 1. The molecule has 8 heteroatoms. The van der Waals surface area contributed by atoms with Crippen LogP contribution in [0.25, 0.3) is 10.8 Å². The maximum absolute atomic E-state index is 11.9.